The highest BCUT2D eigenvalue weighted by atomic mass is 32.2. The van der Waals surface area contributed by atoms with Gasteiger partial charge in [-0.2, -0.15) is 0 Å². The Morgan fingerprint density at radius 1 is 1.09 bits per heavy atom. The number of amides is 1. The molecule has 0 spiro atoms. The van der Waals surface area contributed by atoms with E-state index in [-0.39, 0.29) is 22.1 Å². The number of nitrogens with one attached hydrogen (secondary N) is 1. The molecule has 0 fully saturated rings. The van der Waals surface area contributed by atoms with Crippen molar-refractivity contribution < 1.29 is 27.5 Å². The van der Waals surface area contributed by atoms with Gasteiger partial charge in [-0.3, -0.25) is 4.79 Å². The van der Waals surface area contributed by atoms with Crippen LogP contribution in [0.4, 0.5) is 0 Å². The lowest BCUT2D eigenvalue weighted by Gasteiger charge is -2.22. The third-order valence-corrected chi connectivity index (χ3v) is 6.18. The van der Waals surface area contributed by atoms with Crippen molar-refractivity contribution >= 4 is 21.9 Å². The smallest absolute Gasteiger partial charge is 0.338 e. The molecule has 0 aliphatic heterocycles. The minimum atomic E-state index is -3.97. The second-order valence-corrected chi connectivity index (χ2v) is 10.1. The number of likely N-dealkylation sites (N-methyl/N-ethyl adjacent to an activating group) is 1. The van der Waals surface area contributed by atoms with Crippen molar-refractivity contribution in [2.75, 3.05) is 14.2 Å². The van der Waals surface area contributed by atoms with E-state index in [0.717, 1.165) is 5.56 Å². The van der Waals surface area contributed by atoms with Crippen LogP contribution in [0.15, 0.2) is 53.4 Å². The van der Waals surface area contributed by atoms with E-state index in [1.807, 2.05) is 30.3 Å². The van der Waals surface area contributed by atoms with Gasteiger partial charge in [-0.05, 0) is 51.5 Å². The molecule has 0 saturated heterocycles. The second-order valence-electron chi connectivity index (χ2n) is 8.45. The van der Waals surface area contributed by atoms with Gasteiger partial charge in [-0.25, -0.2) is 17.9 Å². The first kappa shape index (κ1) is 25.4. The number of ether oxygens (including phenoxy) is 2. The number of hydrogen-bond donors (Lipinski definition) is 1. The third-order valence-electron chi connectivity index (χ3n) is 4.40. The SMILES string of the molecule is COc1ccc(C(=O)OC(C)C(=O)N(C)Cc2ccccc2)cc1S(=O)(=O)NC(C)(C)C. The predicted molar refractivity (Wildman–Crippen MR) is 121 cm³/mol. The highest BCUT2D eigenvalue weighted by Gasteiger charge is 2.28. The van der Waals surface area contributed by atoms with E-state index in [1.54, 1.807) is 27.8 Å². The van der Waals surface area contributed by atoms with E-state index in [0.29, 0.717) is 6.54 Å². The molecule has 0 saturated carbocycles. The summed E-state index contributed by atoms with van der Waals surface area (Å²) in [5, 5.41) is 0. The number of nitrogens with zero attached hydrogens (tertiary/aromatic N) is 1. The van der Waals surface area contributed by atoms with Gasteiger partial charge in [-0.1, -0.05) is 30.3 Å². The largest absolute Gasteiger partial charge is 0.495 e. The summed E-state index contributed by atoms with van der Waals surface area (Å²) in [6.07, 6.45) is -1.05. The zero-order valence-electron chi connectivity index (χ0n) is 19.2. The molecule has 2 rings (SSSR count). The number of methoxy groups -OCH3 is 1. The summed E-state index contributed by atoms with van der Waals surface area (Å²) in [5.41, 5.74) is 0.202. The van der Waals surface area contributed by atoms with Gasteiger partial charge in [0.2, 0.25) is 10.0 Å². The molecule has 32 heavy (non-hydrogen) atoms. The maximum absolute atomic E-state index is 12.8. The van der Waals surface area contributed by atoms with Gasteiger partial charge < -0.3 is 14.4 Å². The predicted octanol–water partition coefficient (Wildman–Crippen LogP) is 2.98. The summed E-state index contributed by atoms with van der Waals surface area (Å²) in [4.78, 5) is 26.5. The number of sulfonamides is 1. The molecule has 1 N–H and O–H groups in total. The maximum atomic E-state index is 12.8. The average molecular weight is 463 g/mol. The topological polar surface area (TPSA) is 102 Å². The number of benzene rings is 2. The van der Waals surface area contributed by atoms with Crippen molar-refractivity contribution in [2.45, 2.75) is 50.8 Å². The van der Waals surface area contributed by atoms with E-state index in [1.165, 1.54) is 37.1 Å². The Kier molecular flexibility index (Phi) is 8.03. The molecule has 0 bridgehead atoms. The van der Waals surface area contributed by atoms with E-state index >= 15 is 0 Å². The fourth-order valence-electron chi connectivity index (χ4n) is 3.00. The minimum absolute atomic E-state index is 0.00885. The normalized spacial score (nSPS) is 12.7. The summed E-state index contributed by atoms with van der Waals surface area (Å²) in [6.45, 7) is 6.95. The van der Waals surface area contributed by atoms with Gasteiger partial charge in [0.1, 0.15) is 10.6 Å². The molecule has 0 aliphatic rings. The van der Waals surface area contributed by atoms with E-state index < -0.39 is 27.6 Å². The van der Waals surface area contributed by atoms with E-state index in [9.17, 15) is 18.0 Å². The van der Waals surface area contributed by atoms with Gasteiger partial charge in [0.05, 0.1) is 12.7 Å². The number of carbonyl (C=O) groups excluding carboxylic acids is 2. The highest BCUT2D eigenvalue weighted by molar-refractivity contribution is 7.89. The summed E-state index contributed by atoms with van der Waals surface area (Å²) < 4.78 is 38.6. The Morgan fingerprint density at radius 3 is 2.28 bits per heavy atom. The first-order chi connectivity index (χ1) is 14.8. The Morgan fingerprint density at radius 2 is 1.72 bits per heavy atom. The monoisotopic (exact) mass is 462 g/mol. The van der Waals surface area contributed by atoms with Crippen LogP contribution >= 0.6 is 0 Å². The number of hydrogen-bond acceptors (Lipinski definition) is 6. The van der Waals surface area contributed by atoms with Crippen LogP contribution in [0, 0.1) is 0 Å². The van der Waals surface area contributed by atoms with Gasteiger partial charge in [0.25, 0.3) is 5.91 Å². The summed E-state index contributed by atoms with van der Waals surface area (Å²) in [6, 6.07) is 13.4. The first-order valence-corrected chi connectivity index (χ1v) is 11.5. The van der Waals surface area contributed by atoms with Crippen LogP contribution < -0.4 is 9.46 Å². The number of esters is 1. The van der Waals surface area contributed by atoms with Crippen molar-refractivity contribution in [1.29, 1.82) is 0 Å². The van der Waals surface area contributed by atoms with Crippen molar-refractivity contribution in [3.63, 3.8) is 0 Å². The second kappa shape index (κ2) is 10.1. The van der Waals surface area contributed by atoms with Gasteiger partial charge in [0.15, 0.2) is 6.10 Å². The van der Waals surface area contributed by atoms with Crippen LogP contribution in [-0.4, -0.2) is 51.0 Å². The third kappa shape index (κ3) is 6.80. The zero-order valence-corrected chi connectivity index (χ0v) is 20.0. The number of carbonyl (C=O) groups is 2. The lowest BCUT2D eigenvalue weighted by atomic mass is 10.1. The number of rotatable bonds is 8. The van der Waals surface area contributed by atoms with E-state index in [4.69, 9.17) is 9.47 Å². The lowest BCUT2D eigenvalue weighted by molar-refractivity contribution is -0.139. The highest BCUT2D eigenvalue weighted by Crippen LogP contribution is 2.26. The molecule has 9 heteroatoms. The fraction of sp³-hybridized carbons (Fsp3) is 0.391. The fourth-order valence-corrected chi connectivity index (χ4v) is 4.61. The summed E-state index contributed by atoms with van der Waals surface area (Å²) in [5.74, 6) is -1.10. The first-order valence-electron chi connectivity index (χ1n) is 10.1. The molecule has 8 nitrogen and oxygen atoms in total. The Labute approximate surface area is 189 Å². The molecule has 2 aromatic rings. The van der Waals surface area contributed by atoms with Crippen LogP contribution in [-0.2, 0) is 26.1 Å². The van der Waals surface area contributed by atoms with Crippen molar-refractivity contribution in [1.82, 2.24) is 9.62 Å². The molecule has 0 aromatic heterocycles. The van der Waals surface area contributed by atoms with Crippen LogP contribution in [0.2, 0.25) is 0 Å². The molecule has 174 valence electrons. The summed E-state index contributed by atoms with van der Waals surface area (Å²) in [7, 11) is -1.01. The van der Waals surface area contributed by atoms with Gasteiger partial charge in [-0.15, -0.1) is 0 Å². The van der Waals surface area contributed by atoms with Crippen LogP contribution in [0.5, 0.6) is 5.75 Å². The minimum Gasteiger partial charge on any atom is -0.495 e. The van der Waals surface area contributed by atoms with Crippen molar-refractivity contribution in [3.05, 3.63) is 59.7 Å². The average Bonchev–Trinajstić information content (AvgIpc) is 2.71. The maximum Gasteiger partial charge on any atom is 0.338 e. The Bertz CT molecular complexity index is 1060. The molecule has 0 heterocycles. The quantitative estimate of drug-likeness (QED) is 0.605. The molecular weight excluding hydrogens is 432 g/mol. The van der Waals surface area contributed by atoms with Gasteiger partial charge in [0, 0.05) is 19.1 Å². The standard InChI is InChI=1S/C23H30N2O6S/c1-16(21(26)25(5)15-17-10-8-7-9-11-17)31-22(27)18-12-13-19(30-6)20(14-18)32(28,29)24-23(2,3)4/h7-14,16,24H,15H2,1-6H3. The summed E-state index contributed by atoms with van der Waals surface area (Å²) >= 11 is 0. The molecule has 2 aromatic carbocycles. The molecular formula is C23H30N2O6S. The van der Waals surface area contributed by atoms with Crippen molar-refractivity contribution in [2.24, 2.45) is 0 Å². The molecule has 1 unspecified atom stereocenters. The van der Waals surface area contributed by atoms with Crippen LogP contribution in [0.25, 0.3) is 0 Å². The Hall–Kier alpha value is -2.91. The van der Waals surface area contributed by atoms with Gasteiger partial charge >= 0.3 is 5.97 Å². The lowest BCUT2D eigenvalue weighted by Crippen LogP contribution is -2.40. The van der Waals surface area contributed by atoms with Crippen LogP contribution in [0.3, 0.4) is 0 Å². The molecule has 0 aliphatic carbocycles. The van der Waals surface area contributed by atoms with Crippen LogP contribution in [0.1, 0.15) is 43.6 Å². The molecule has 0 radical (unpaired) electrons. The molecule has 1 amide bonds. The van der Waals surface area contributed by atoms with Crippen molar-refractivity contribution in [3.8, 4) is 5.75 Å². The Balaban J connectivity index is 2.18. The molecule has 1 atom stereocenters. The van der Waals surface area contributed by atoms with E-state index in [2.05, 4.69) is 4.72 Å². The zero-order chi connectivity index (χ0) is 24.1.